The van der Waals surface area contributed by atoms with Gasteiger partial charge in [-0.25, -0.2) is 0 Å². The lowest BCUT2D eigenvalue weighted by Crippen LogP contribution is -2.54. The van der Waals surface area contributed by atoms with Gasteiger partial charge in [0.2, 0.25) is 11.8 Å². The van der Waals surface area contributed by atoms with E-state index in [2.05, 4.69) is 15.9 Å². The predicted octanol–water partition coefficient (Wildman–Crippen LogP) is 4.83. The maximum Gasteiger partial charge on any atom is 0.304 e. The Morgan fingerprint density at radius 3 is 2.38 bits per heavy atom. The number of anilines is 2. The van der Waals surface area contributed by atoms with Crippen molar-refractivity contribution in [3.8, 4) is 0 Å². The summed E-state index contributed by atoms with van der Waals surface area (Å²) in [6, 6.07) is 22.4. The number of carbonyl (C=O) groups is 4. The number of halogens is 1. The molecule has 2 saturated heterocycles. The molecule has 11 nitrogen and oxygen atoms in total. The quantitative estimate of drug-likeness (QED) is 0.161. The SMILES string of the molecule is CC(=O)OC1CC(=O)N1c1ccc(CN2C(=O)[C@@]3(O[C@@H](CC(=O)N(CCO)Cc4ccccc4)[C@H]([Si](C)(C)O)[C@H]3C)c3cc(Br)ccc32)cc1. The normalized spacial score (nSPS) is 24.4. The van der Waals surface area contributed by atoms with Crippen molar-refractivity contribution < 1.29 is 38.6 Å². The Labute approximate surface area is 301 Å². The molecule has 6 rings (SSSR count). The number of fused-ring (bicyclic) bond motifs is 2. The molecule has 3 amide bonds. The number of aliphatic hydroxyl groups excluding tert-OH is 1. The number of β-lactam (4-membered cyclic amide) rings is 1. The average molecular weight is 765 g/mol. The van der Waals surface area contributed by atoms with Gasteiger partial charge in [0.15, 0.2) is 20.1 Å². The molecular weight excluding hydrogens is 722 g/mol. The molecule has 0 bridgehead atoms. The molecule has 3 heterocycles. The van der Waals surface area contributed by atoms with Crippen molar-refractivity contribution in [2.24, 2.45) is 5.92 Å². The van der Waals surface area contributed by atoms with Crippen molar-refractivity contribution in [1.82, 2.24) is 4.90 Å². The van der Waals surface area contributed by atoms with Crippen LogP contribution in [0.5, 0.6) is 0 Å². The van der Waals surface area contributed by atoms with Crippen LogP contribution < -0.4 is 9.80 Å². The molecule has 2 fully saturated rings. The first-order valence-electron chi connectivity index (χ1n) is 16.8. The minimum absolute atomic E-state index is 0.0534. The summed E-state index contributed by atoms with van der Waals surface area (Å²) >= 11 is 3.58. The monoisotopic (exact) mass is 763 g/mol. The van der Waals surface area contributed by atoms with Gasteiger partial charge in [0.25, 0.3) is 5.91 Å². The second-order valence-electron chi connectivity index (χ2n) is 13.8. The molecule has 1 unspecified atom stereocenters. The first-order valence-corrected chi connectivity index (χ1v) is 20.6. The number of hydrogen-bond acceptors (Lipinski definition) is 8. The Balaban J connectivity index is 1.29. The zero-order valence-electron chi connectivity index (χ0n) is 28.5. The standard InChI is InChI=1S/C37H42BrN3O8Si/c1-23-35(50(3,4)47)31(19-32(44)39(16-17-42)21-25-8-6-5-7-9-25)49-37(23)29-18-27(38)12-15-30(29)40(36(37)46)22-26-10-13-28(14-11-26)41-33(45)20-34(41)48-24(2)43/h5-15,18,23,31,34-35,42,47H,16-17,19-22H2,1-4H3/t23-,31+,34?,35-,37+/m1/s1. The second kappa shape index (κ2) is 14.0. The fourth-order valence-electron chi connectivity index (χ4n) is 7.85. The van der Waals surface area contributed by atoms with Crippen LogP contribution in [0, 0.1) is 5.92 Å². The van der Waals surface area contributed by atoms with Crippen LogP contribution in [0.1, 0.15) is 43.4 Å². The Morgan fingerprint density at radius 2 is 1.76 bits per heavy atom. The number of carbonyl (C=O) groups excluding carboxylic acids is 4. The molecule has 3 aromatic carbocycles. The predicted molar refractivity (Wildman–Crippen MR) is 192 cm³/mol. The third-order valence-electron chi connectivity index (χ3n) is 10.0. The fourth-order valence-corrected chi connectivity index (χ4v) is 10.8. The number of nitrogens with zero attached hydrogens (tertiary/aromatic N) is 3. The highest BCUT2D eigenvalue weighted by atomic mass is 79.9. The lowest BCUT2D eigenvalue weighted by molar-refractivity contribution is -0.154. The molecule has 2 N–H and O–H groups in total. The van der Waals surface area contributed by atoms with Gasteiger partial charge in [-0.05, 0) is 54.6 Å². The van der Waals surface area contributed by atoms with Crippen LogP contribution >= 0.6 is 15.9 Å². The number of rotatable bonds is 11. The van der Waals surface area contributed by atoms with Gasteiger partial charge in [-0.15, -0.1) is 0 Å². The van der Waals surface area contributed by atoms with E-state index in [9.17, 15) is 29.1 Å². The zero-order valence-corrected chi connectivity index (χ0v) is 31.1. The van der Waals surface area contributed by atoms with Gasteiger partial charge in [-0.3, -0.25) is 24.1 Å². The highest BCUT2D eigenvalue weighted by Crippen LogP contribution is 2.60. The van der Waals surface area contributed by atoms with Gasteiger partial charge in [0.1, 0.15) is 0 Å². The average Bonchev–Trinajstić information content (AvgIpc) is 3.47. The Bertz CT molecular complexity index is 1790. The molecule has 0 radical (unpaired) electrons. The summed E-state index contributed by atoms with van der Waals surface area (Å²) in [5.41, 5.74) is 1.77. The molecule has 264 valence electrons. The number of esters is 1. The van der Waals surface area contributed by atoms with E-state index in [0.717, 1.165) is 15.6 Å². The second-order valence-corrected chi connectivity index (χ2v) is 18.7. The van der Waals surface area contributed by atoms with Crippen molar-refractivity contribution in [3.05, 3.63) is 94.0 Å². The molecule has 3 aromatic rings. The van der Waals surface area contributed by atoms with E-state index in [1.807, 2.05) is 80.7 Å². The largest absolute Gasteiger partial charge is 0.441 e. The smallest absolute Gasteiger partial charge is 0.304 e. The summed E-state index contributed by atoms with van der Waals surface area (Å²) in [5.74, 6) is -1.57. The van der Waals surface area contributed by atoms with E-state index in [1.165, 1.54) is 11.8 Å². The number of benzene rings is 3. The minimum atomic E-state index is -3.03. The highest BCUT2D eigenvalue weighted by Gasteiger charge is 2.66. The summed E-state index contributed by atoms with van der Waals surface area (Å²) in [5, 5.41) is 9.80. The fraction of sp³-hybridized carbons (Fsp3) is 0.405. The summed E-state index contributed by atoms with van der Waals surface area (Å²) in [6.45, 7) is 7.34. The van der Waals surface area contributed by atoms with Gasteiger partial charge in [0, 0.05) is 47.2 Å². The molecule has 1 spiro atoms. The van der Waals surface area contributed by atoms with Gasteiger partial charge in [-0.2, -0.15) is 0 Å². The number of ether oxygens (including phenoxy) is 2. The zero-order chi connectivity index (χ0) is 36.0. The summed E-state index contributed by atoms with van der Waals surface area (Å²) in [7, 11) is -3.03. The van der Waals surface area contributed by atoms with E-state index >= 15 is 0 Å². The Hall–Kier alpha value is -3.88. The number of amides is 3. The molecule has 0 saturated carbocycles. The van der Waals surface area contributed by atoms with Crippen molar-refractivity contribution in [2.45, 2.75) is 76.3 Å². The van der Waals surface area contributed by atoms with E-state index in [1.54, 1.807) is 21.9 Å². The topological polar surface area (TPSA) is 137 Å². The van der Waals surface area contributed by atoms with Crippen LogP contribution in [0.3, 0.4) is 0 Å². The molecule has 13 heteroatoms. The molecule has 3 aliphatic heterocycles. The van der Waals surface area contributed by atoms with Gasteiger partial charge in [-0.1, -0.05) is 65.3 Å². The molecule has 5 atom stereocenters. The maximum atomic E-state index is 14.8. The molecule has 3 aliphatic rings. The Kier molecular flexibility index (Phi) is 10.1. The van der Waals surface area contributed by atoms with E-state index in [4.69, 9.17) is 9.47 Å². The molecule has 50 heavy (non-hydrogen) atoms. The third-order valence-corrected chi connectivity index (χ3v) is 13.0. The van der Waals surface area contributed by atoms with E-state index in [0.29, 0.717) is 23.5 Å². The third kappa shape index (κ3) is 6.64. The van der Waals surface area contributed by atoms with Gasteiger partial charge < -0.3 is 29.2 Å². The van der Waals surface area contributed by atoms with Crippen molar-refractivity contribution in [1.29, 1.82) is 0 Å². The van der Waals surface area contributed by atoms with Crippen LogP contribution in [0.2, 0.25) is 18.6 Å². The molecule has 0 aromatic heterocycles. The van der Waals surface area contributed by atoms with Gasteiger partial charge >= 0.3 is 5.97 Å². The van der Waals surface area contributed by atoms with Crippen LogP contribution in [0.15, 0.2) is 77.3 Å². The summed E-state index contributed by atoms with van der Waals surface area (Å²) in [4.78, 5) is 68.9. The van der Waals surface area contributed by atoms with Crippen molar-refractivity contribution >= 4 is 59.3 Å². The van der Waals surface area contributed by atoms with Crippen molar-refractivity contribution in [3.63, 3.8) is 0 Å². The molecular formula is C37H42BrN3O8Si. The van der Waals surface area contributed by atoms with Gasteiger partial charge in [0.05, 0.1) is 37.8 Å². The van der Waals surface area contributed by atoms with Crippen LogP contribution in [0.25, 0.3) is 0 Å². The van der Waals surface area contributed by atoms with Crippen LogP contribution in [-0.4, -0.2) is 72.3 Å². The maximum absolute atomic E-state index is 14.8. The van der Waals surface area contributed by atoms with E-state index < -0.39 is 43.7 Å². The van der Waals surface area contributed by atoms with Crippen LogP contribution in [-0.2, 0) is 47.3 Å². The first-order chi connectivity index (χ1) is 23.7. The Morgan fingerprint density at radius 1 is 1.06 bits per heavy atom. The number of aliphatic hydroxyl groups is 1. The summed E-state index contributed by atoms with van der Waals surface area (Å²) in [6.07, 6.45) is -1.31. The van der Waals surface area contributed by atoms with E-state index in [-0.39, 0.29) is 50.3 Å². The lowest BCUT2D eigenvalue weighted by atomic mass is 9.82. The summed E-state index contributed by atoms with van der Waals surface area (Å²) < 4.78 is 12.9. The number of hydrogen-bond donors (Lipinski definition) is 2. The highest BCUT2D eigenvalue weighted by molar-refractivity contribution is 9.10. The minimum Gasteiger partial charge on any atom is -0.441 e. The molecule has 0 aliphatic carbocycles. The van der Waals surface area contributed by atoms with Crippen molar-refractivity contribution in [2.75, 3.05) is 23.0 Å². The lowest BCUT2D eigenvalue weighted by Gasteiger charge is -2.39. The first kappa shape index (κ1) is 35.9. The van der Waals surface area contributed by atoms with Crippen LogP contribution in [0.4, 0.5) is 11.4 Å².